The van der Waals surface area contributed by atoms with Crippen molar-refractivity contribution >= 4 is 5.91 Å². The molecule has 0 aromatic heterocycles. The van der Waals surface area contributed by atoms with E-state index in [1.54, 1.807) is 18.2 Å². The van der Waals surface area contributed by atoms with Gasteiger partial charge in [0, 0.05) is 38.3 Å². The van der Waals surface area contributed by atoms with Crippen LogP contribution in [0.3, 0.4) is 0 Å². The van der Waals surface area contributed by atoms with E-state index in [1.807, 2.05) is 11.0 Å². The maximum atomic E-state index is 12.3. The van der Waals surface area contributed by atoms with Crippen LogP contribution in [0.25, 0.3) is 0 Å². The fourth-order valence-electron chi connectivity index (χ4n) is 2.57. The first-order chi connectivity index (χ1) is 11.0. The number of carbonyl (C=O) groups excluding carboxylic acids is 1. The molecule has 2 rings (SSSR count). The van der Waals surface area contributed by atoms with Crippen molar-refractivity contribution in [3.63, 3.8) is 0 Å². The van der Waals surface area contributed by atoms with E-state index in [9.17, 15) is 4.79 Å². The summed E-state index contributed by atoms with van der Waals surface area (Å²) in [6.45, 7) is 7.54. The number of benzene rings is 1. The molecule has 1 aliphatic rings. The van der Waals surface area contributed by atoms with E-state index in [2.05, 4.69) is 18.7 Å². The molecule has 0 aliphatic carbocycles. The number of hydrogen-bond acceptors (Lipinski definition) is 5. The first kappa shape index (κ1) is 17.1. The van der Waals surface area contributed by atoms with Crippen molar-refractivity contribution in [3.05, 3.63) is 23.8 Å². The first-order valence-corrected chi connectivity index (χ1v) is 7.78. The smallest absolute Gasteiger partial charge is 0.260 e. The Balaban J connectivity index is 1.89. The van der Waals surface area contributed by atoms with Crippen LogP contribution in [0.4, 0.5) is 0 Å². The first-order valence-electron chi connectivity index (χ1n) is 7.78. The van der Waals surface area contributed by atoms with Crippen molar-refractivity contribution in [1.82, 2.24) is 9.80 Å². The van der Waals surface area contributed by atoms with Crippen LogP contribution in [0.2, 0.25) is 0 Å². The zero-order valence-corrected chi connectivity index (χ0v) is 13.9. The number of piperazine rings is 1. The lowest BCUT2D eigenvalue weighted by Gasteiger charge is -2.36. The minimum Gasteiger partial charge on any atom is -0.493 e. The fourth-order valence-corrected chi connectivity index (χ4v) is 2.57. The summed E-state index contributed by atoms with van der Waals surface area (Å²) >= 11 is 0. The molecule has 0 radical (unpaired) electrons. The van der Waals surface area contributed by atoms with E-state index in [-0.39, 0.29) is 12.5 Å². The van der Waals surface area contributed by atoms with E-state index in [0.29, 0.717) is 23.1 Å². The number of rotatable bonds is 5. The summed E-state index contributed by atoms with van der Waals surface area (Å²) in [5, 5.41) is 8.89. The molecule has 0 bridgehead atoms. The molecule has 0 spiro atoms. The molecule has 0 N–H and O–H groups in total. The van der Waals surface area contributed by atoms with E-state index < -0.39 is 0 Å². The topological polar surface area (TPSA) is 65.8 Å². The van der Waals surface area contributed by atoms with Gasteiger partial charge in [-0.1, -0.05) is 0 Å². The highest BCUT2D eigenvalue weighted by molar-refractivity contribution is 5.78. The van der Waals surface area contributed by atoms with E-state index in [1.165, 1.54) is 7.11 Å². The number of amides is 1. The van der Waals surface area contributed by atoms with Gasteiger partial charge in [-0.05, 0) is 26.0 Å². The second kappa shape index (κ2) is 7.84. The lowest BCUT2D eigenvalue weighted by atomic mass is 10.2. The van der Waals surface area contributed by atoms with Crippen LogP contribution in [0.5, 0.6) is 11.5 Å². The van der Waals surface area contributed by atoms with Gasteiger partial charge in [-0.15, -0.1) is 0 Å². The number of ether oxygens (including phenoxy) is 2. The molecule has 124 valence electrons. The third-order valence-corrected chi connectivity index (χ3v) is 4.04. The largest absolute Gasteiger partial charge is 0.493 e. The molecule has 1 aromatic carbocycles. The van der Waals surface area contributed by atoms with Crippen LogP contribution < -0.4 is 9.47 Å². The van der Waals surface area contributed by atoms with E-state index in [4.69, 9.17) is 14.7 Å². The van der Waals surface area contributed by atoms with E-state index >= 15 is 0 Å². The summed E-state index contributed by atoms with van der Waals surface area (Å²) in [5.41, 5.74) is 0.491. The lowest BCUT2D eigenvalue weighted by molar-refractivity contribution is -0.135. The zero-order chi connectivity index (χ0) is 16.8. The van der Waals surface area contributed by atoms with Gasteiger partial charge in [0.05, 0.1) is 18.7 Å². The summed E-state index contributed by atoms with van der Waals surface area (Å²) in [4.78, 5) is 16.4. The summed E-state index contributed by atoms with van der Waals surface area (Å²) in [6, 6.07) is 7.44. The summed E-state index contributed by atoms with van der Waals surface area (Å²) < 4.78 is 10.8. The molecule has 0 atom stereocenters. The molecular formula is C17H23N3O3. The minimum absolute atomic E-state index is 0.0239. The summed E-state index contributed by atoms with van der Waals surface area (Å²) in [7, 11) is 1.51. The van der Waals surface area contributed by atoms with Crippen LogP contribution in [0.15, 0.2) is 18.2 Å². The number of carbonyl (C=O) groups is 1. The van der Waals surface area contributed by atoms with Gasteiger partial charge in [-0.3, -0.25) is 9.69 Å². The fraction of sp³-hybridized carbons (Fsp3) is 0.529. The molecule has 6 heteroatoms. The predicted molar refractivity (Wildman–Crippen MR) is 86.5 cm³/mol. The third kappa shape index (κ3) is 4.36. The molecule has 1 fully saturated rings. The average molecular weight is 317 g/mol. The Bertz CT molecular complexity index is 587. The normalized spacial score (nSPS) is 15.3. The van der Waals surface area contributed by atoms with Crippen molar-refractivity contribution in [3.8, 4) is 17.6 Å². The molecule has 1 amide bonds. The molecule has 23 heavy (non-hydrogen) atoms. The predicted octanol–water partition coefficient (Wildman–Crippen LogP) is 1.50. The maximum Gasteiger partial charge on any atom is 0.260 e. The highest BCUT2D eigenvalue weighted by Crippen LogP contribution is 2.27. The Kier molecular flexibility index (Phi) is 5.83. The SMILES string of the molecule is COc1cc(C#N)ccc1OCC(=O)N1CCN(C(C)C)CC1. The molecule has 1 heterocycles. The number of nitriles is 1. The molecule has 1 aliphatic heterocycles. The highest BCUT2D eigenvalue weighted by atomic mass is 16.5. The Morgan fingerprint density at radius 3 is 2.52 bits per heavy atom. The molecule has 0 saturated carbocycles. The number of hydrogen-bond donors (Lipinski definition) is 0. The average Bonchev–Trinajstić information content (AvgIpc) is 2.59. The molecule has 0 unspecified atom stereocenters. The quantitative estimate of drug-likeness (QED) is 0.823. The van der Waals surface area contributed by atoms with Gasteiger partial charge < -0.3 is 14.4 Å². The van der Waals surface area contributed by atoms with Crippen LogP contribution in [0, 0.1) is 11.3 Å². The Hall–Kier alpha value is -2.26. The van der Waals surface area contributed by atoms with Crippen LogP contribution >= 0.6 is 0 Å². The lowest BCUT2D eigenvalue weighted by Crippen LogP contribution is -2.51. The highest BCUT2D eigenvalue weighted by Gasteiger charge is 2.22. The van der Waals surface area contributed by atoms with Crippen LogP contribution in [-0.4, -0.2) is 61.6 Å². The Labute approximate surface area is 137 Å². The number of nitrogens with zero attached hydrogens (tertiary/aromatic N) is 3. The third-order valence-electron chi connectivity index (χ3n) is 4.04. The van der Waals surface area contributed by atoms with Gasteiger partial charge >= 0.3 is 0 Å². The minimum atomic E-state index is -0.0279. The van der Waals surface area contributed by atoms with Crippen molar-refractivity contribution in [1.29, 1.82) is 5.26 Å². The van der Waals surface area contributed by atoms with Crippen molar-refractivity contribution in [2.75, 3.05) is 39.9 Å². The second-order valence-corrected chi connectivity index (χ2v) is 5.78. The standard InChI is InChI=1S/C17H23N3O3/c1-13(2)19-6-8-20(9-7-19)17(21)12-23-15-5-4-14(11-18)10-16(15)22-3/h4-5,10,13H,6-9,12H2,1-3H3. The molecular weight excluding hydrogens is 294 g/mol. The molecule has 1 saturated heterocycles. The summed E-state index contributed by atoms with van der Waals surface area (Å²) in [6.07, 6.45) is 0. The van der Waals surface area contributed by atoms with Crippen LogP contribution in [-0.2, 0) is 4.79 Å². The summed E-state index contributed by atoms with van der Waals surface area (Å²) in [5.74, 6) is 0.905. The maximum absolute atomic E-state index is 12.3. The van der Waals surface area contributed by atoms with Crippen LogP contribution in [0.1, 0.15) is 19.4 Å². The molecule has 6 nitrogen and oxygen atoms in total. The van der Waals surface area contributed by atoms with Gasteiger partial charge in [0.25, 0.3) is 5.91 Å². The van der Waals surface area contributed by atoms with E-state index in [0.717, 1.165) is 26.2 Å². The zero-order valence-electron chi connectivity index (χ0n) is 13.9. The van der Waals surface area contributed by atoms with Crippen molar-refractivity contribution in [2.24, 2.45) is 0 Å². The molecule has 1 aromatic rings. The second-order valence-electron chi connectivity index (χ2n) is 5.78. The van der Waals surface area contributed by atoms with Gasteiger partial charge in [0.1, 0.15) is 0 Å². The van der Waals surface area contributed by atoms with Gasteiger partial charge in [-0.25, -0.2) is 0 Å². The van der Waals surface area contributed by atoms with Gasteiger partial charge in [-0.2, -0.15) is 5.26 Å². The Morgan fingerprint density at radius 2 is 1.96 bits per heavy atom. The van der Waals surface area contributed by atoms with Gasteiger partial charge in [0.15, 0.2) is 18.1 Å². The number of methoxy groups -OCH3 is 1. The van der Waals surface area contributed by atoms with Gasteiger partial charge in [0.2, 0.25) is 0 Å². The van der Waals surface area contributed by atoms with Crippen molar-refractivity contribution < 1.29 is 14.3 Å². The van der Waals surface area contributed by atoms with Crippen molar-refractivity contribution in [2.45, 2.75) is 19.9 Å². The Morgan fingerprint density at radius 1 is 1.26 bits per heavy atom. The monoisotopic (exact) mass is 317 g/mol.